The summed E-state index contributed by atoms with van der Waals surface area (Å²) in [5.41, 5.74) is 26.2. The Morgan fingerprint density at radius 3 is 0.871 bits per heavy atom. The van der Waals surface area contributed by atoms with Gasteiger partial charge in [0.1, 0.15) is 0 Å². The topological polar surface area (TPSA) is 0 Å². The summed E-state index contributed by atoms with van der Waals surface area (Å²) in [4.78, 5) is 0. The molecule has 0 heterocycles. The molecule has 0 amide bonds. The second kappa shape index (κ2) is 52.7. The minimum absolute atomic E-state index is 0.410. The van der Waals surface area contributed by atoms with E-state index in [-0.39, 0.29) is 0 Å². The molecule has 116 heavy (non-hydrogen) atoms. The fourth-order valence-corrected chi connectivity index (χ4v) is 19.3. The van der Waals surface area contributed by atoms with E-state index < -0.39 is 0 Å². The maximum atomic E-state index is 2.37. The summed E-state index contributed by atoms with van der Waals surface area (Å²) in [6, 6.07) is 74.0. The molecule has 0 aromatic heterocycles. The molecule has 0 aliphatic heterocycles. The van der Waals surface area contributed by atoms with Crippen molar-refractivity contribution in [2.45, 2.75) is 380 Å². The Kier molecular flexibility index (Phi) is 47.3. The first-order valence-electron chi connectivity index (χ1n) is 47.7. The molecule has 0 radical (unpaired) electrons. The first-order valence-corrected chi connectivity index (χ1v) is 47.7. The number of rotatable bonds is 9. The molecule has 6 aliphatic rings. The summed E-state index contributed by atoms with van der Waals surface area (Å²) in [7, 11) is 0. The molecule has 0 saturated carbocycles. The molecule has 6 aliphatic carbocycles. The van der Waals surface area contributed by atoms with Gasteiger partial charge in [0.25, 0.3) is 0 Å². The number of aryl methyl sites for hydroxylation is 5. The largest absolute Gasteiger partial charge is 0.0683 e. The highest BCUT2D eigenvalue weighted by atomic mass is 14.4. The van der Waals surface area contributed by atoms with Gasteiger partial charge in [-0.1, -0.05) is 408 Å². The van der Waals surface area contributed by atoms with Gasteiger partial charge in [0, 0.05) is 11.8 Å². The van der Waals surface area contributed by atoms with Gasteiger partial charge >= 0.3 is 0 Å². The van der Waals surface area contributed by atoms with Crippen molar-refractivity contribution in [2.75, 3.05) is 0 Å². The lowest BCUT2D eigenvalue weighted by atomic mass is 9.69. The molecule has 8 aromatic rings. The van der Waals surface area contributed by atoms with Gasteiger partial charge < -0.3 is 0 Å². The maximum Gasteiger partial charge on any atom is 0.00974 e. The Bertz CT molecular complexity index is 3690. The number of hydrogen-bond donors (Lipinski definition) is 0. The molecule has 644 valence electrons. The van der Waals surface area contributed by atoms with Gasteiger partial charge in [0.05, 0.1) is 0 Å². The van der Waals surface area contributed by atoms with E-state index in [9.17, 15) is 0 Å². The SMILES string of the molecule is CC.CC.CC.CC.CC.CC.CC(C)(C)CC1CCc2ccccc2C1.CC(C)(C)CC1CCc2ccccc2C1.CC(C)(C)CC1CCc2ccccc2C1.CC(C)(C)CC1Cc2ccccc2C(c2ccccc2)C1.CC(C)(C)CCC1CCCc2ccccc21.Cc1ccccc1C1CC(CC(C)(C)C)Cc2ccccc21. The van der Waals surface area contributed by atoms with Crippen molar-refractivity contribution in [1.82, 2.24) is 0 Å². The van der Waals surface area contributed by atoms with Crippen LogP contribution in [-0.2, 0) is 57.8 Å². The summed E-state index contributed by atoms with van der Waals surface area (Å²) in [5.74, 6) is 6.26. The summed E-state index contributed by atoms with van der Waals surface area (Å²) in [5, 5.41) is 0. The molecule has 0 N–H and O–H groups in total. The first-order chi connectivity index (χ1) is 55.2. The molecular formula is C116H180. The Morgan fingerprint density at radius 1 is 0.241 bits per heavy atom. The van der Waals surface area contributed by atoms with Crippen molar-refractivity contribution in [3.63, 3.8) is 0 Å². The van der Waals surface area contributed by atoms with E-state index in [1.54, 1.807) is 66.8 Å². The van der Waals surface area contributed by atoms with Crippen LogP contribution in [0.15, 0.2) is 200 Å². The fourth-order valence-electron chi connectivity index (χ4n) is 19.3. The number of fused-ring (bicyclic) bond motifs is 6. The highest BCUT2D eigenvalue weighted by Gasteiger charge is 2.34. The Hall–Kier alpha value is -6.24. The van der Waals surface area contributed by atoms with Crippen LogP contribution in [0.1, 0.15) is 399 Å². The lowest BCUT2D eigenvalue weighted by molar-refractivity contribution is 0.265. The van der Waals surface area contributed by atoms with Gasteiger partial charge in [-0.2, -0.15) is 0 Å². The Balaban J connectivity index is 0.000000353. The molecule has 0 heteroatoms. The second-order valence-electron chi connectivity index (χ2n) is 40.7. The molecule has 8 unspecified atom stereocenters. The molecule has 14 rings (SSSR count). The van der Waals surface area contributed by atoms with E-state index in [1.165, 1.54) is 164 Å². The van der Waals surface area contributed by atoms with Gasteiger partial charge in [-0.25, -0.2) is 0 Å². The predicted molar refractivity (Wildman–Crippen MR) is 523 cm³/mol. The van der Waals surface area contributed by atoms with E-state index in [2.05, 4.69) is 332 Å². The van der Waals surface area contributed by atoms with Crippen molar-refractivity contribution >= 4 is 0 Å². The Morgan fingerprint density at radius 2 is 0.517 bits per heavy atom. The van der Waals surface area contributed by atoms with Crippen molar-refractivity contribution in [3.05, 3.63) is 284 Å². The lowest BCUT2D eigenvalue weighted by Gasteiger charge is -2.35. The maximum absolute atomic E-state index is 2.37. The number of benzene rings is 8. The van der Waals surface area contributed by atoms with Gasteiger partial charge in [-0.05, 0) is 306 Å². The van der Waals surface area contributed by atoms with Gasteiger partial charge in [-0.15, -0.1) is 0 Å². The summed E-state index contributed by atoms with van der Waals surface area (Å²) in [6.07, 6.45) is 30.5. The summed E-state index contributed by atoms with van der Waals surface area (Å²) >= 11 is 0. The van der Waals surface area contributed by atoms with Crippen LogP contribution in [0.25, 0.3) is 0 Å². The van der Waals surface area contributed by atoms with Crippen molar-refractivity contribution in [1.29, 1.82) is 0 Å². The zero-order chi connectivity index (χ0) is 86.9. The minimum atomic E-state index is 0.410. The van der Waals surface area contributed by atoms with Gasteiger partial charge in [0.2, 0.25) is 0 Å². The molecule has 8 aromatic carbocycles. The number of hydrogen-bond acceptors (Lipinski definition) is 0. The smallest absolute Gasteiger partial charge is 0.00974 e. The summed E-state index contributed by atoms with van der Waals surface area (Å²) < 4.78 is 0. The molecule has 0 saturated heterocycles. The Labute approximate surface area is 721 Å². The zero-order valence-corrected chi connectivity index (χ0v) is 81.4. The average Bonchev–Trinajstić information content (AvgIpc) is 0.784. The van der Waals surface area contributed by atoms with E-state index in [4.69, 9.17) is 0 Å². The quantitative estimate of drug-likeness (QED) is 0.135. The fraction of sp³-hybridized carbons (Fsp3) is 0.586. The van der Waals surface area contributed by atoms with Crippen LogP contribution in [-0.4, -0.2) is 0 Å². The predicted octanol–water partition coefficient (Wildman–Crippen LogP) is 35.7. The van der Waals surface area contributed by atoms with Crippen LogP contribution in [0.5, 0.6) is 0 Å². The third kappa shape index (κ3) is 38.4. The average molecular weight is 1570 g/mol. The normalized spacial score (nSPS) is 19.4. The van der Waals surface area contributed by atoms with Crippen LogP contribution in [0, 0.1) is 69.0 Å². The molecule has 8 atom stereocenters. The van der Waals surface area contributed by atoms with E-state index in [0.717, 1.165) is 35.5 Å². The van der Waals surface area contributed by atoms with Crippen LogP contribution < -0.4 is 0 Å². The van der Waals surface area contributed by atoms with Crippen LogP contribution >= 0.6 is 0 Å². The molecule has 0 nitrogen and oxygen atoms in total. The van der Waals surface area contributed by atoms with Crippen LogP contribution in [0.4, 0.5) is 0 Å². The van der Waals surface area contributed by atoms with E-state index in [0.29, 0.717) is 44.3 Å². The van der Waals surface area contributed by atoms with E-state index >= 15 is 0 Å². The standard InChI is InChI=1S/C22H28.C21H26.C16H24.3C15H22.6C2H6/c1-16-9-5-7-11-19(16)21-14-17(15-22(2,3)4)13-18-10-6-8-12-20(18)21;1-21(2,3)15-16-13-18-11-7-8-12-19(18)20(14-16)17-9-5-4-6-10-17;1-16(2,3)12-11-14-9-6-8-13-7-4-5-10-15(13)14;3*1-15(2,3)11-12-8-9-13-6-4-5-7-14(13)10-12;6*1-2/h5-12,17,21H,13-15H2,1-4H3;4-12,16,20H,13-15H2,1-3H3;4-5,7,10,14H,6,8-9,11-12H2,1-3H3;3*4-7,12H,8-11H2,1-3H3;6*1-2H3. The minimum Gasteiger partial charge on any atom is -0.0683 e. The highest BCUT2D eigenvalue weighted by Crippen LogP contribution is 2.46. The zero-order valence-electron chi connectivity index (χ0n) is 81.4. The van der Waals surface area contributed by atoms with Crippen molar-refractivity contribution in [3.8, 4) is 0 Å². The molecule has 0 bridgehead atoms. The third-order valence-corrected chi connectivity index (χ3v) is 23.4. The van der Waals surface area contributed by atoms with Gasteiger partial charge in [-0.3, -0.25) is 0 Å². The van der Waals surface area contributed by atoms with Crippen molar-refractivity contribution in [2.24, 2.45) is 62.1 Å². The van der Waals surface area contributed by atoms with Crippen LogP contribution in [0.3, 0.4) is 0 Å². The molecule has 0 spiro atoms. The first kappa shape index (κ1) is 104. The lowest BCUT2D eigenvalue weighted by Crippen LogP contribution is -2.24. The third-order valence-electron chi connectivity index (χ3n) is 23.4. The van der Waals surface area contributed by atoms with Gasteiger partial charge in [0.15, 0.2) is 0 Å². The van der Waals surface area contributed by atoms with Crippen LogP contribution in [0.2, 0.25) is 0 Å². The molecule has 0 fully saturated rings. The van der Waals surface area contributed by atoms with E-state index in [1.807, 2.05) is 83.1 Å². The molecular weight excluding hydrogens is 1390 g/mol. The highest BCUT2D eigenvalue weighted by molar-refractivity contribution is 5.44. The monoisotopic (exact) mass is 1570 g/mol. The van der Waals surface area contributed by atoms with Crippen molar-refractivity contribution < 1.29 is 0 Å². The second-order valence-corrected chi connectivity index (χ2v) is 40.7. The summed E-state index contributed by atoms with van der Waals surface area (Å²) in [6.45, 7) is 68.7.